The van der Waals surface area contributed by atoms with E-state index in [1.807, 2.05) is 93.0 Å². The minimum absolute atomic E-state index is 0.0264. The molecule has 0 aliphatic heterocycles. The van der Waals surface area contributed by atoms with E-state index in [9.17, 15) is 4.79 Å². The number of allylic oxidation sites excluding steroid dienone is 1. The van der Waals surface area contributed by atoms with Crippen LogP contribution in [-0.2, 0) is 0 Å². The molecule has 0 saturated carbocycles. The Morgan fingerprint density at radius 1 is 0.690 bits per heavy atom. The summed E-state index contributed by atoms with van der Waals surface area (Å²) >= 11 is 0. The van der Waals surface area contributed by atoms with Crippen LogP contribution in [0.25, 0.3) is 16.8 Å². The number of benzene rings is 4. The zero-order valence-corrected chi connectivity index (χ0v) is 16.8. The van der Waals surface area contributed by atoms with Crippen molar-refractivity contribution in [1.29, 1.82) is 0 Å². The Balaban J connectivity index is 0.000000224. The minimum atomic E-state index is 0.0264. The number of hydrogen-bond donors (Lipinski definition) is 0. The van der Waals surface area contributed by atoms with Crippen LogP contribution in [0.3, 0.4) is 0 Å². The van der Waals surface area contributed by atoms with Gasteiger partial charge in [-0.05, 0) is 34.5 Å². The van der Waals surface area contributed by atoms with E-state index < -0.39 is 0 Å². The number of ketones is 1. The van der Waals surface area contributed by atoms with E-state index in [0.717, 1.165) is 10.9 Å². The molecule has 29 heavy (non-hydrogen) atoms. The fourth-order valence-electron chi connectivity index (χ4n) is 2.99. The normalized spacial score (nSPS) is 10.4. The van der Waals surface area contributed by atoms with E-state index in [4.69, 9.17) is 0 Å². The topological polar surface area (TPSA) is 20.3 Å². The molecule has 4 aromatic carbocycles. The van der Waals surface area contributed by atoms with Crippen LogP contribution in [0, 0.1) is 0 Å². The summed E-state index contributed by atoms with van der Waals surface area (Å²) in [5, 5.41) is 2.34. The van der Waals surface area contributed by atoms with Crippen molar-refractivity contribution in [2.24, 2.45) is 0 Å². The van der Waals surface area contributed by atoms with Gasteiger partial charge >= 0.3 is 0 Å². The van der Waals surface area contributed by atoms with E-state index in [1.165, 1.54) is 11.1 Å². The molecule has 2 heteroatoms. The first-order chi connectivity index (χ1) is 14.1. The number of para-hydroxylation sites is 1. The lowest BCUT2D eigenvalue weighted by molar-refractivity contribution is 0.104. The van der Waals surface area contributed by atoms with Gasteiger partial charge < -0.3 is 4.90 Å². The third-order valence-corrected chi connectivity index (χ3v) is 4.57. The third-order valence-electron chi connectivity index (χ3n) is 4.57. The molecule has 0 aliphatic carbocycles. The molecule has 144 valence electrons. The van der Waals surface area contributed by atoms with E-state index >= 15 is 0 Å². The summed E-state index contributed by atoms with van der Waals surface area (Å²) in [6, 6.07) is 33.9. The molecular formula is C27H25NO. The van der Waals surface area contributed by atoms with Crippen LogP contribution in [0.15, 0.2) is 109 Å². The maximum absolute atomic E-state index is 12.1. The lowest BCUT2D eigenvalue weighted by atomic mass is 10.0. The third kappa shape index (κ3) is 5.66. The standard InChI is InChI=1S/C19H14O.C8H11N/c20-19(17-8-2-1-3-9-17)14-13-16-11-6-10-15-7-4-5-12-18(15)16;1-9(2)8-6-4-3-5-7-8/h1-14H;3-7H,1-2H3. The van der Waals surface area contributed by atoms with Crippen molar-refractivity contribution < 1.29 is 4.79 Å². The van der Waals surface area contributed by atoms with E-state index in [-0.39, 0.29) is 5.78 Å². The van der Waals surface area contributed by atoms with E-state index in [1.54, 1.807) is 6.08 Å². The van der Waals surface area contributed by atoms with Crippen molar-refractivity contribution in [3.05, 3.63) is 120 Å². The molecule has 0 N–H and O–H groups in total. The van der Waals surface area contributed by atoms with Crippen molar-refractivity contribution in [2.45, 2.75) is 0 Å². The van der Waals surface area contributed by atoms with Crippen molar-refractivity contribution in [3.63, 3.8) is 0 Å². The lowest BCUT2D eigenvalue weighted by Crippen LogP contribution is -2.07. The van der Waals surface area contributed by atoms with Crippen LogP contribution < -0.4 is 4.90 Å². The second-order valence-corrected chi connectivity index (χ2v) is 6.86. The van der Waals surface area contributed by atoms with E-state index in [0.29, 0.717) is 5.56 Å². The van der Waals surface area contributed by atoms with Crippen molar-refractivity contribution in [1.82, 2.24) is 0 Å². The molecule has 4 aromatic rings. The largest absolute Gasteiger partial charge is 0.378 e. The second kappa shape index (κ2) is 10.0. The molecule has 0 bridgehead atoms. The zero-order chi connectivity index (χ0) is 20.5. The Kier molecular flexibility index (Phi) is 6.96. The van der Waals surface area contributed by atoms with Gasteiger partial charge in [-0.1, -0.05) is 97.1 Å². The fourth-order valence-corrected chi connectivity index (χ4v) is 2.99. The van der Waals surface area contributed by atoms with Crippen LogP contribution >= 0.6 is 0 Å². The summed E-state index contributed by atoms with van der Waals surface area (Å²) in [6.45, 7) is 0. The van der Waals surface area contributed by atoms with Crippen LogP contribution in [0.1, 0.15) is 15.9 Å². The molecule has 0 saturated heterocycles. The number of hydrogen-bond acceptors (Lipinski definition) is 2. The highest BCUT2D eigenvalue weighted by molar-refractivity contribution is 6.07. The first-order valence-corrected chi connectivity index (χ1v) is 9.63. The van der Waals surface area contributed by atoms with Crippen LogP contribution in [-0.4, -0.2) is 19.9 Å². The number of carbonyl (C=O) groups is 1. The molecule has 4 rings (SSSR count). The number of rotatable bonds is 4. The SMILES string of the molecule is CN(C)c1ccccc1.O=C(C=Cc1cccc2ccccc12)c1ccccc1. The van der Waals surface area contributed by atoms with Crippen LogP contribution in [0.2, 0.25) is 0 Å². The molecule has 0 amide bonds. The highest BCUT2D eigenvalue weighted by atomic mass is 16.1. The number of carbonyl (C=O) groups excluding carboxylic acids is 1. The van der Waals surface area contributed by atoms with Gasteiger partial charge in [0.05, 0.1) is 0 Å². The summed E-state index contributed by atoms with van der Waals surface area (Å²) in [7, 11) is 4.07. The van der Waals surface area contributed by atoms with Crippen molar-refractivity contribution >= 4 is 28.3 Å². The highest BCUT2D eigenvalue weighted by Crippen LogP contribution is 2.19. The molecule has 0 heterocycles. The van der Waals surface area contributed by atoms with Crippen molar-refractivity contribution in [3.8, 4) is 0 Å². The first kappa shape index (κ1) is 20.1. The predicted octanol–water partition coefficient (Wildman–Crippen LogP) is 6.49. The molecule has 0 atom stereocenters. The van der Waals surface area contributed by atoms with Gasteiger partial charge in [0, 0.05) is 25.3 Å². The van der Waals surface area contributed by atoms with Gasteiger partial charge in [0.2, 0.25) is 0 Å². The number of fused-ring (bicyclic) bond motifs is 1. The van der Waals surface area contributed by atoms with Crippen molar-refractivity contribution in [2.75, 3.05) is 19.0 Å². The monoisotopic (exact) mass is 379 g/mol. The molecule has 0 spiro atoms. The molecule has 0 unspecified atom stereocenters. The Labute approximate surface area is 172 Å². The van der Waals surface area contributed by atoms with Gasteiger partial charge in [-0.2, -0.15) is 0 Å². The van der Waals surface area contributed by atoms with Gasteiger partial charge in [-0.25, -0.2) is 0 Å². The lowest BCUT2D eigenvalue weighted by Gasteiger charge is -2.10. The van der Waals surface area contributed by atoms with Gasteiger partial charge in [0.1, 0.15) is 0 Å². The summed E-state index contributed by atoms with van der Waals surface area (Å²) in [5.74, 6) is 0.0264. The van der Waals surface area contributed by atoms with E-state index in [2.05, 4.69) is 35.2 Å². The Morgan fingerprint density at radius 3 is 1.93 bits per heavy atom. The number of nitrogens with zero attached hydrogens (tertiary/aromatic N) is 1. The van der Waals surface area contributed by atoms with Gasteiger partial charge in [-0.15, -0.1) is 0 Å². The number of anilines is 1. The summed E-state index contributed by atoms with van der Waals surface area (Å²) in [6.07, 6.45) is 3.52. The second-order valence-electron chi connectivity index (χ2n) is 6.86. The minimum Gasteiger partial charge on any atom is -0.378 e. The molecule has 0 aromatic heterocycles. The Morgan fingerprint density at radius 2 is 1.28 bits per heavy atom. The molecular weight excluding hydrogens is 354 g/mol. The highest BCUT2D eigenvalue weighted by Gasteiger charge is 2.01. The smallest absolute Gasteiger partial charge is 0.185 e. The average Bonchev–Trinajstić information content (AvgIpc) is 2.79. The van der Waals surface area contributed by atoms with Gasteiger partial charge in [0.15, 0.2) is 5.78 Å². The van der Waals surface area contributed by atoms with Gasteiger partial charge in [-0.3, -0.25) is 4.79 Å². The van der Waals surface area contributed by atoms with Gasteiger partial charge in [0.25, 0.3) is 0 Å². The fraction of sp³-hybridized carbons (Fsp3) is 0.0741. The maximum Gasteiger partial charge on any atom is 0.185 e. The molecule has 0 radical (unpaired) electrons. The Bertz CT molecular complexity index is 1080. The molecule has 0 fully saturated rings. The Hall–Kier alpha value is -3.65. The van der Waals surface area contributed by atoms with Crippen LogP contribution in [0.4, 0.5) is 5.69 Å². The summed E-state index contributed by atoms with van der Waals surface area (Å²) in [4.78, 5) is 14.2. The average molecular weight is 380 g/mol. The molecule has 0 aliphatic rings. The zero-order valence-electron chi connectivity index (χ0n) is 16.8. The summed E-state index contributed by atoms with van der Waals surface area (Å²) < 4.78 is 0. The van der Waals surface area contributed by atoms with Crippen LogP contribution in [0.5, 0.6) is 0 Å². The quantitative estimate of drug-likeness (QED) is 0.298. The summed E-state index contributed by atoms with van der Waals surface area (Å²) in [5.41, 5.74) is 3.02. The molecule has 2 nitrogen and oxygen atoms in total. The predicted molar refractivity (Wildman–Crippen MR) is 125 cm³/mol. The first-order valence-electron chi connectivity index (χ1n) is 9.63. The maximum atomic E-state index is 12.1.